The minimum absolute atomic E-state index is 0.0931. The van der Waals surface area contributed by atoms with Gasteiger partial charge in [-0.25, -0.2) is 4.79 Å². The number of hydrogen-bond donors (Lipinski definition) is 10. The zero-order valence-corrected chi connectivity index (χ0v) is 26.5. The number of amides is 5. The van der Waals surface area contributed by atoms with Crippen molar-refractivity contribution in [3.63, 3.8) is 0 Å². The number of nitrogens with two attached hydrogens (primary N) is 1. The lowest BCUT2D eigenvalue weighted by Crippen LogP contribution is -2.62. The van der Waals surface area contributed by atoms with Gasteiger partial charge in [-0.2, -0.15) is 0 Å². The van der Waals surface area contributed by atoms with Crippen LogP contribution in [0, 0.1) is 0 Å². The second kappa shape index (κ2) is 18.3. The minimum atomic E-state index is -1.80. The fourth-order valence-corrected chi connectivity index (χ4v) is 6.33. The molecule has 1 aromatic rings. The molecule has 0 unspecified atom stereocenters. The maximum absolute atomic E-state index is 13.5. The minimum Gasteiger partial charge on any atom is -0.481 e. The summed E-state index contributed by atoms with van der Waals surface area (Å²) in [6.07, 6.45) is -4.19. The molecule has 0 radical (unpaired) electrons. The molecule has 1 saturated heterocycles. The first-order valence-corrected chi connectivity index (χ1v) is 16.5. The molecule has 17 nitrogen and oxygen atoms in total. The van der Waals surface area contributed by atoms with Crippen molar-refractivity contribution in [1.82, 2.24) is 26.6 Å². The van der Waals surface area contributed by atoms with E-state index < -0.39 is 96.4 Å². The number of carbonyl (C=O) groups is 7. The third-order valence-corrected chi connectivity index (χ3v) is 9.02. The van der Waals surface area contributed by atoms with Gasteiger partial charge in [-0.05, 0) is 19.4 Å². The normalized spacial score (nSPS) is 27.5. The van der Waals surface area contributed by atoms with Gasteiger partial charge in [-0.15, -0.1) is 0 Å². The number of nitrogens with one attached hydrogen (secondary N) is 5. The Hall–Kier alpha value is -3.91. The Balaban J connectivity index is 2.53. The molecule has 1 aliphatic rings. The average molecular weight is 687 g/mol. The zero-order chi connectivity index (χ0) is 34.6. The van der Waals surface area contributed by atoms with Crippen LogP contribution in [-0.2, 0) is 40.0 Å². The summed E-state index contributed by atoms with van der Waals surface area (Å²) in [5.74, 6) is -8.41. The molecule has 0 aromatic heterocycles. The SMILES string of the molecule is C[C@@H](O)[C@@H]1NC(=O)[C@H](Cc2ccccc2)NC(=O)[C@H](CC(=O)O)NC(=O)[C@H]([C@@H](C)O)NC(=O)[C@@H](N)CSSC[C@@H](C(=O)O)NC1=O. The van der Waals surface area contributed by atoms with Crippen LogP contribution in [0.1, 0.15) is 25.8 Å². The van der Waals surface area contributed by atoms with Gasteiger partial charge in [-0.3, -0.25) is 28.8 Å². The lowest BCUT2D eigenvalue weighted by Gasteiger charge is -2.28. The number of aliphatic carboxylic acids is 2. The molecule has 2 rings (SSSR count). The van der Waals surface area contributed by atoms with Crippen molar-refractivity contribution in [2.75, 3.05) is 11.5 Å². The highest BCUT2D eigenvalue weighted by Gasteiger charge is 2.36. The number of hydrogen-bond acceptors (Lipinski definition) is 12. The van der Waals surface area contributed by atoms with E-state index in [1.54, 1.807) is 30.3 Å². The standard InChI is InChI=1S/C27H38N6O11S2/c1-12(34)20-25(41)30-17(9-19(36)37)23(39)29-16(8-14-6-4-3-5-7-14)24(40)33-21(13(2)35)26(42)31-18(27(43)44)11-46-45-10-15(28)22(38)32-20/h3-7,12-13,15-18,20-21,34-35H,8-11,28H2,1-2H3,(H,29,39)(H,30,41)(H,31,42)(H,32,38)(H,33,40)(H,36,37)(H,43,44)/t12-,13-,15+,16+,17+,18+,20+,21+/m1/s1. The molecule has 1 fully saturated rings. The maximum atomic E-state index is 13.5. The quantitative estimate of drug-likeness (QED) is 0.126. The van der Waals surface area contributed by atoms with E-state index in [-0.39, 0.29) is 17.9 Å². The third-order valence-electron chi connectivity index (χ3n) is 6.57. The molecule has 8 atom stereocenters. The van der Waals surface area contributed by atoms with Gasteiger partial charge < -0.3 is 52.7 Å². The Morgan fingerprint density at radius 2 is 1.26 bits per heavy atom. The molecule has 5 amide bonds. The van der Waals surface area contributed by atoms with Crippen molar-refractivity contribution in [3.8, 4) is 0 Å². The first-order valence-electron chi connectivity index (χ1n) is 14.0. The van der Waals surface area contributed by atoms with Crippen molar-refractivity contribution in [2.24, 2.45) is 5.73 Å². The smallest absolute Gasteiger partial charge is 0.327 e. The molecular formula is C27H38N6O11S2. The Morgan fingerprint density at radius 3 is 1.80 bits per heavy atom. The predicted molar refractivity (Wildman–Crippen MR) is 166 cm³/mol. The number of aliphatic hydroxyl groups is 2. The number of carboxylic acids is 2. The Labute approximate surface area is 271 Å². The van der Waals surface area contributed by atoms with Crippen molar-refractivity contribution in [3.05, 3.63) is 35.9 Å². The van der Waals surface area contributed by atoms with E-state index in [0.29, 0.717) is 5.56 Å². The molecule has 19 heteroatoms. The highest BCUT2D eigenvalue weighted by Crippen LogP contribution is 2.23. The molecule has 46 heavy (non-hydrogen) atoms. The molecule has 1 aromatic carbocycles. The van der Waals surface area contributed by atoms with E-state index in [1.165, 1.54) is 13.8 Å². The summed E-state index contributed by atoms with van der Waals surface area (Å²) in [7, 11) is 1.93. The highest BCUT2D eigenvalue weighted by atomic mass is 33.1. The van der Waals surface area contributed by atoms with Crippen LogP contribution in [0.25, 0.3) is 0 Å². The highest BCUT2D eigenvalue weighted by molar-refractivity contribution is 8.76. The zero-order valence-electron chi connectivity index (χ0n) is 24.9. The van der Waals surface area contributed by atoms with Crippen LogP contribution >= 0.6 is 21.6 Å². The Kier molecular flexibility index (Phi) is 15.2. The monoisotopic (exact) mass is 686 g/mol. The molecule has 254 valence electrons. The van der Waals surface area contributed by atoms with Gasteiger partial charge in [0.1, 0.15) is 30.2 Å². The first-order chi connectivity index (χ1) is 21.6. The van der Waals surface area contributed by atoms with Crippen LogP contribution in [0.2, 0.25) is 0 Å². The topological polar surface area (TPSA) is 287 Å². The predicted octanol–water partition coefficient (Wildman–Crippen LogP) is -3.30. The largest absolute Gasteiger partial charge is 0.481 e. The summed E-state index contributed by atoms with van der Waals surface area (Å²) >= 11 is 0. The van der Waals surface area contributed by atoms with Crippen molar-refractivity contribution in [2.45, 2.75) is 75.1 Å². The van der Waals surface area contributed by atoms with Crippen LogP contribution in [0.3, 0.4) is 0 Å². The Bertz CT molecular complexity index is 1270. The number of rotatable bonds is 7. The Morgan fingerprint density at radius 1 is 0.761 bits per heavy atom. The van der Waals surface area contributed by atoms with Gasteiger partial charge in [0.25, 0.3) is 0 Å². The second-order valence-electron chi connectivity index (χ2n) is 10.4. The van der Waals surface area contributed by atoms with Crippen molar-refractivity contribution in [1.29, 1.82) is 0 Å². The molecule has 11 N–H and O–H groups in total. The van der Waals surface area contributed by atoms with E-state index in [9.17, 15) is 54.0 Å². The van der Waals surface area contributed by atoms with Crippen LogP contribution in [0.5, 0.6) is 0 Å². The van der Waals surface area contributed by atoms with Crippen molar-refractivity contribution >= 4 is 63.1 Å². The van der Waals surface area contributed by atoms with Crippen LogP contribution < -0.4 is 32.3 Å². The number of benzene rings is 1. The maximum Gasteiger partial charge on any atom is 0.327 e. The number of carboxylic acid groups (broad SMARTS) is 2. The lowest BCUT2D eigenvalue weighted by molar-refractivity contribution is -0.142. The fourth-order valence-electron chi connectivity index (χ4n) is 4.05. The van der Waals surface area contributed by atoms with Crippen molar-refractivity contribution < 1.29 is 54.0 Å². The molecule has 1 heterocycles. The summed E-state index contributed by atoms with van der Waals surface area (Å²) in [6, 6.07) is -1.11. The van der Waals surface area contributed by atoms with Gasteiger partial charge in [0.15, 0.2) is 0 Å². The summed E-state index contributed by atoms with van der Waals surface area (Å²) in [5.41, 5.74) is 6.43. The van der Waals surface area contributed by atoms with E-state index >= 15 is 0 Å². The number of carbonyl (C=O) groups excluding carboxylic acids is 5. The van der Waals surface area contributed by atoms with E-state index in [4.69, 9.17) is 5.73 Å². The average Bonchev–Trinajstić information content (AvgIpc) is 2.98. The van der Waals surface area contributed by atoms with Crippen LogP contribution in [-0.4, -0.2) is 122 Å². The number of aliphatic hydroxyl groups excluding tert-OH is 2. The van der Waals surface area contributed by atoms with E-state index in [1.807, 2.05) is 0 Å². The molecule has 0 saturated carbocycles. The van der Waals surface area contributed by atoms with Gasteiger partial charge in [0.05, 0.1) is 24.7 Å². The summed E-state index contributed by atoms with van der Waals surface area (Å²) in [5, 5.41) is 51.0. The summed E-state index contributed by atoms with van der Waals surface area (Å²) in [6.45, 7) is 2.35. The molecule has 0 bridgehead atoms. The third kappa shape index (κ3) is 12.1. The lowest BCUT2D eigenvalue weighted by atomic mass is 10.0. The fraction of sp³-hybridized carbons (Fsp3) is 0.519. The first kappa shape index (κ1) is 38.3. The summed E-state index contributed by atoms with van der Waals surface area (Å²) < 4.78 is 0. The van der Waals surface area contributed by atoms with Gasteiger partial charge in [-0.1, -0.05) is 51.9 Å². The van der Waals surface area contributed by atoms with Gasteiger partial charge in [0.2, 0.25) is 29.5 Å². The molecule has 1 aliphatic heterocycles. The molecule has 0 aliphatic carbocycles. The van der Waals surface area contributed by atoms with Crippen LogP contribution in [0.4, 0.5) is 0 Å². The molecular weight excluding hydrogens is 648 g/mol. The van der Waals surface area contributed by atoms with E-state index in [2.05, 4.69) is 26.6 Å². The summed E-state index contributed by atoms with van der Waals surface area (Å²) in [4.78, 5) is 89.2. The van der Waals surface area contributed by atoms with Gasteiger partial charge >= 0.3 is 11.9 Å². The van der Waals surface area contributed by atoms with Gasteiger partial charge in [0, 0.05) is 17.9 Å². The molecule has 0 spiro atoms. The second-order valence-corrected chi connectivity index (χ2v) is 13.0. The van der Waals surface area contributed by atoms with Crippen LogP contribution in [0.15, 0.2) is 30.3 Å². The van der Waals surface area contributed by atoms with E-state index in [0.717, 1.165) is 21.6 Å².